The van der Waals surface area contributed by atoms with Crippen LogP contribution in [0.15, 0.2) is 29.6 Å². The highest BCUT2D eigenvalue weighted by Gasteiger charge is 2.21. The van der Waals surface area contributed by atoms with Crippen LogP contribution < -0.4 is 0 Å². The first-order valence-corrected chi connectivity index (χ1v) is 8.07. The number of aromatic nitrogens is 1. The van der Waals surface area contributed by atoms with Crippen LogP contribution in [0.4, 0.5) is 0 Å². The number of nitrogens with zero attached hydrogens (tertiary/aromatic N) is 1. The molecule has 0 spiro atoms. The summed E-state index contributed by atoms with van der Waals surface area (Å²) in [7, 11) is 0. The fourth-order valence-electron chi connectivity index (χ4n) is 2.12. The molecule has 19 heavy (non-hydrogen) atoms. The first-order valence-electron chi connectivity index (χ1n) is 6.15. The van der Waals surface area contributed by atoms with Gasteiger partial charge in [0, 0.05) is 10.9 Å². The molecule has 1 N–H and O–H groups in total. The van der Waals surface area contributed by atoms with Gasteiger partial charge in [-0.2, -0.15) is 11.8 Å². The molecule has 98 valence electrons. The molecule has 5 heteroatoms. The number of aromatic carboxylic acids is 1. The van der Waals surface area contributed by atoms with Crippen LogP contribution in [0.3, 0.4) is 0 Å². The van der Waals surface area contributed by atoms with Gasteiger partial charge < -0.3 is 5.11 Å². The third kappa shape index (κ3) is 2.67. The lowest BCUT2D eigenvalue weighted by atomic mass is 10.1. The molecule has 0 saturated carbocycles. The van der Waals surface area contributed by atoms with Gasteiger partial charge in [-0.3, -0.25) is 0 Å². The summed E-state index contributed by atoms with van der Waals surface area (Å²) in [5.41, 5.74) is 2.24. The number of hydrogen-bond acceptors (Lipinski definition) is 4. The Hall–Kier alpha value is -1.33. The highest BCUT2D eigenvalue weighted by Crippen LogP contribution is 2.41. The standard InChI is InChI=1S/C14H13NO2S2/c16-14(17)10-5-3-9(4-6-10)11-8-19-13(15-11)12-2-1-7-18-12/h3-6,8,12H,1-2,7H2,(H,16,17). The summed E-state index contributed by atoms with van der Waals surface area (Å²) in [6, 6.07) is 6.90. The minimum atomic E-state index is -0.895. The first-order chi connectivity index (χ1) is 9.24. The van der Waals surface area contributed by atoms with Crippen LogP contribution in [0.2, 0.25) is 0 Å². The Bertz CT molecular complexity index is 586. The Balaban J connectivity index is 1.83. The third-order valence-corrected chi connectivity index (χ3v) is 5.65. The molecule has 1 aliphatic heterocycles. The molecular formula is C14H13NO2S2. The number of thiazole rings is 1. The van der Waals surface area contributed by atoms with Crippen molar-refractivity contribution < 1.29 is 9.90 Å². The fourth-order valence-corrected chi connectivity index (χ4v) is 4.48. The van der Waals surface area contributed by atoms with Crippen molar-refractivity contribution in [1.29, 1.82) is 0 Å². The zero-order valence-corrected chi connectivity index (χ0v) is 11.8. The zero-order valence-electron chi connectivity index (χ0n) is 10.2. The average molecular weight is 291 g/mol. The van der Waals surface area contributed by atoms with Crippen molar-refractivity contribution in [3.05, 3.63) is 40.2 Å². The van der Waals surface area contributed by atoms with Gasteiger partial charge in [-0.15, -0.1) is 11.3 Å². The van der Waals surface area contributed by atoms with Crippen LogP contribution in [-0.2, 0) is 0 Å². The predicted molar refractivity (Wildman–Crippen MR) is 78.9 cm³/mol. The molecule has 1 unspecified atom stereocenters. The largest absolute Gasteiger partial charge is 0.478 e. The fraction of sp³-hybridized carbons (Fsp3) is 0.286. The smallest absolute Gasteiger partial charge is 0.335 e. The van der Waals surface area contributed by atoms with E-state index in [1.165, 1.54) is 23.6 Å². The quantitative estimate of drug-likeness (QED) is 0.926. The van der Waals surface area contributed by atoms with Crippen LogP contribution in [-0.4, -0.2) is 21.8 Å². The third-order valence-electron chi connectivity index (χ3n) is 3.15. The monoisotopic (exact) mass is 291 g/mol. The van der Waals surface area contributed by atoms with Gasteiger partial charge in [-0.25, -0.2) is 9.78 Å². The van der Waals surface area contributed by atoms with Gasteiger partial charge >= 0.3 is 5.97 Å². The van der Waals surface area contributed by atoms with Crippen molar-refractivity contribution in [3.63, 3.8) is 0 Å². The second-order valence-electron chi connectivity index (χ2n) is 4.46. The number of carboxylic acids is 1. The molecule has 1 fully saturated rings. The lowest BCUT2D eigenvalue weighted by Gasteiger charge is -2.02. The molecule has 0 radical (unpaired) electrons. The van der Waals surface area contributed by atoms with Gasteiger partial charge in [-0.1, -0.05) is 12.1 Å². The lowest BCUT2D eigenvalue weighted by Crippen LogP contribution is -1.95. The Morgan fingerprint density at radius 3 is 2.74 bits per heavy atom. The molecule has 1 aromatic heterocycles. The molecule has 3 nitrogen and oxygen atoms in total. The SMILES string of the molecule is O=C(O)c1ccc(-c2csc(C3CCCS3)n2)cc1. The molecule has 0 amide bonds. The summed E-state index contributed by atoms with van der Waals surface area (Å²) >= 11 is 3.68. The Morgan fingerprint density at radius 1 is 1.32 bits per heavy atom. The maximum atomic E-state index is 10.8. The molecule has 0 aliphatic carbocycles. The van der Waals surface area contributed by atoms with E-state index in [0.717, 1.165) is 11.3 Å². The summed E-state index contributed by atoms with van der Waals surface area (Å²) in [5.74, 6) is 0.334. The predicted octanol–water partition coefficient (Wildman–Crippen LogP) is 4.08. The van der Waals surface area contributed by atoms with E-state index in [9.17, 15) is 4.79 Å². The zero-order chi connectivity index (χ0) is 13.2. The second kappa shape index (κ2) is 5.35. The Morgan fingerprint density at radius 2 is 2.11 bits per heavy atom. The van der Waals surface area contributed by atoms with E-state index in [1.807, 2.05) is 23.9 Å². The van der Waals surface area contributed by atoms with Crippen LogP contribution in [0, 0.1) is 0 Å². The van der Waals surface area contributed by atoms with Gasteiger partial charge in [0.2, 0.25) is 0 Å². The molecule has 1 aromatic carbocycles. The van der Waals surface area contributed by atoms with Gasteiger partial charge in [0.15, 0.2) is 0 Å². The molecule has 0 bridgehead atoms. The maximum Gasteiger partial charge on any atom is 0.335 e. The minimum Gasteiger partial charge on any atom is -0.478 e. The summed E-state index contributed by atoms with van der Waals surface area (Å²) < 4.78 is 0. The molecule has 1 aliphatic rings. The van der Waals surface area contributed by atoms with E-state index in [2.05, 4.69) is 10.4 Å². The number of thioether (sulfide) groups is 1. The van der Waals surface area contributed by atoms with Gasteiger partial charge in [-0.05, 0) is 30.7 Å². The molecule has 2 heterocycles. The van der Waals surface area contributed by atoms with Crippen molar-refractivity contribution in [2.45, 2.75) is 18.1 Å². The molecule has 3 rings (SSSR count). The number of benzene rings is 1. The highest BCUT2D eigenvalue weighted by molar-refractivity contribution is 7.99. The molecule has 2 aromatic rings. The molecule has 1 atom stereocenters. The van der Waals surface area contributed by atoms with Crippen molar-refractivity contribution in [3.8, 4) is 11.3 Å². The molecular weight excluding hydrogens is 278 g/mol. The number of rotatable bonds is 3. The summed E-state index contributed by atoms with van der Waals surface area (Å²) in [4.78, 5) is 15.5. The number of hydrogen-bond donors (Lipinski definition) is 1. The highest BCUT2D eigenvalue weighted by atomic mass is 32.2. The van der Waals surface area contributed by atoms with Crippen molar-refractivity contribution in [1.82, 2.24) is 4.98 Å². The summed E-state index contributed by atoms with van der Waals surface area (Å²) in [5, 5.41) is 12.7. The normalized spacial score (nSPS) is 18.6. The number of carbonyl (C=O) groups is 1. The van der Waals surface area contributed by atoms with Crippen LogP contribution >= 0.6 is 23.1 Å². The topological polar surface area (TPSA) is 50.2 Å². The van der Waals surface area contributed by atoms with Crippen LogP contribution in [0.5, 0.6) is 0 Å². The van der Waals surface area contributed by atoms with E-state index in [4.69, 9.17) is 5.11 Å². The first kappa shape index (κ1) is 12.7. The second-order valence-corrected chi connectivity index (χ2v) is 6.66. The Kier molecular flexibility index (Phi) is 3.57. The minimum absolute atomic E-state index is 0.311. The van der Waals surface area contributed by atoms with Gasteiger partial charge in [0.05, 0.1) is 16.5 Å². The summed E-state index contributed by atoms with van der Waals surface area (Å²) in [6.07, 6.45) is 2.49. The van der Waals surface area contributed by atoms with Crippen molar-refractivity contribution in [2.75, 3.05) is 5.75 Å². The van der Waals surface area contributed by atoms with Crippen LogP contribution in [0.25, 0.3) is 11.3 Å². The van der Waals surface area contributed by atoms with Crippen molar-refractivity contribution in [2.24, 2.45) is 0 Å². The maximum absolute atomic E-state index is 10.8. The van der Waals surface area contributed by atoms with Crippen LogP contribution in [0.1, 0.15) is 33.5 Å². The van der Waals surface area contributed by atoms with Gasteiger partial charge in [0.25, 0.3) is 0 Å². The lowest BCUT2D eigenvalue weighted by molar-refractivity contribution is 0.0697. The van der Waals surface area contributed by atoms with E-state index in [0.29, 0.717) is 10.8 Å². The molecule has 1 saturated heterocycles. The van der Waals surface area contributed by atoms with E-state index in [1.54, 1.807) is 23.5 Å². The van der Waals surface area contributed by atoms with E-state index < -0.39 is 5.97 Å². The van der Waals surface area contributed by atoms with Crippen molar-refractivity contribution >= 4 is 29.1 Å². The van der Waals surface area contributed by atoms with E-state index >= 15 is 0 Å². The summed E-state index contributed by atoms with van der Waals surface area (Å²) in [6.45, 7) is 0. The number of carboxylic acid groups (broad SMARTS) is 1. The van der Waals surface area contributed by atoms with Gasteiger partial charge in [0.1, 0.15) is 5.01 Å². The van der Waals surface area contributed by atoms with E-state index in [-0.39, 0.29) is 0 Å². The Labute approximate surface area is 119 Å². The average Bonchev–Trinajstić information content (AvgIpc) is 3.10.